The monoisotopic (exact) mass is 150 g/mol. The smallest absolute Gasteiger partial charge is 0.0971 e. The summed E-state index contributed by atoms with van der Waals surface area (Å²) in [4.78, 5) is 0. The average molecular weight is 150 g/mol. The fourth-order valence-electron chi connectivity index (χ4n) is 1.08. The van der Waals surface area contributed by atoms with Crippen molar-refractivity contribution in [2.24, 2.45) is 5.92 Å². The molecule has 1 nitrogen and oxygen atoms in total. The minimum Gasteiger partial charge on any atom is -0.384 e. The largest absolute Gasteiger partial charge is 0.384 e. The standard InChI is InChI=1S/C10H14O/c1-8(2)7-9-5-3-4-6-10(9)11/h3-8,10-11H,1-2H3. The number of aliphatic hydroxyl groups is 1. The van der Waals surface area contributed by atoms with Crippen LogP contribution in [0, 0.1) is 5.92 Å². The first-order valence-corrected chi connectivity index (χ1v) is 3.95. The molecular weight excluding hydrogens is 136 g/mol. The number of allylic oxidation sites excluding steroid dienone is 3. The molecule has 0 aromatic rings. The molecule has 0 aliphatic heterocycles. The predicted octanol–water partition coefficient (Wildman–Crippen LogP) is 2.06. The molecule has 0 aromatic carbocycles. The Balaban J connectivity index is 2.73. The first-order chi connectivity index (χ1) is 5.20. The number of aliphatic hydroxyl groups excluding tert-OH is 1. The van der Waals surface area contributed by atoms with Crippen LogP contribution in [-0.2, 0) is 0 Å². The Morgan fingerprint density at radius 3 is 2.73 bits per heavy atom. The minimum absolute atomic E-state index is 0.401. The van der Waals surface area contributed by atoms with Crippen LogP contribution in [0.25, 0.3) is 0 Å². The Kier molecular flexibility index (Phi) is 2.66. The van der Waals surface area contributed by atoms with Crippen molar-refractivity contribution in [1.82, 2.24) is 0 Å². The maximum absolute atomic E-state index is 9.41. The van der Waals surface area contributed by atoms with Gasteiger partial charge < -0.3 is 5.11 Å². The summed E-state index contributed by atoms with van der Waals surface area (Å²) < 4.78 is 0. The molecule has 0 radical (unpaired) electrons. The second kappa shape index (κ2) is 3.54. The molecule has 1 unspecified atom stereocenters. The summed E-state index contributed by atoms with van der Waals surface area (Å²) in [5.41, 5.74) is 1.00. The normalized spacial score (nSPS) is 26.9. The van der Waals surface area contributed by atoms with E-state index in [9.17, 15) is 5.11 Å². The molecular formula is C10H14O. The zero-order chi connectivity index (χ0) is 8.27. The maximum Gasteiger partial charge on any atom is 0.0971 e. The van der Waals surface area contributed by atoms with Crippen molar-refractivity contribution in [3.05, 3.63) is 36.0 Å². The van der Waals surface area contributed by atoms with Crippen LogP contribution in [0.1, 0.15) is 13.8 Å². The van der Waals surface area contributed by atoms with E-state index in [4.69, 9.17) is 0 Å². The first-order valence-electron chi connectivity index (χ1n) is 3.95. The molecule has 0 heterocycles. The van der Waals surface area contributed by atoms with Crippen LogP contribution in [0.15, 0.2) is 36.0 Å². The zero-order valence-corrected chi connectivity index (χ0v) is 6.99. The predicted molar refractivity (Wildman–Crippen MR) is 47.2 cm³/mol. The Morgan fingerprint density at radius 2 is 2.18 bits per heavy atom. The van der Waals surface area contributed by atoms with Gasteiger partial charge in [-0.15, -0.1) is 0 Å². The van der Waals surface area contributed by atoms with Gasteiger partial charge in [-0.05, 0) is 11.5 Å². The molecule has 1 rings (SSSR count). The van der Waals surface area contributed by atoms with Crippen molar-refractivity contribution in [2.45, 2.75) is 20.0 Å². The van der Waals surface area contributed by atoms with Crippen LogP contribution < -0.4 is 0 Å². The number of rotatable bonds is 1. The van der Waals surface area contributed by atoms with Gasteiger partial charge in [0.15, 0.2) is 0 Å². The molecule has 0 saturated carbocycles. The van der Waals surface area contributed by atoms with Crippen molar-refractivity contribution < 1.29 is 5.11 Å². The zero-order valence-electron chi connectivity index (χ0n) is 6.99. The van der Waals surface area contributed by atoms with Gasteiger partial charge in [0.1, 0.15) is 0 Å². The van der Waals surface area contributed by atoms with Gasteiger partial charge in [-0.2, -0.15) is 0 Å². The molecule has 0 aromatic heterocycles. The lowest BCUT2D eigenvalue weighted by atomic mass is 10.0. The van der Waals surface area contributed by atoms with E-state index in [2.05, 4.69) is 19.9 Å². The molecule has 60 valence electrons. The summed E-state index contributed by atoms with van der Waals surface area (Å²) in [5, 5.41) is 9.41. The van der Waals surface area contributed by atoms with E-state index in [0.29, 0.717) is 5.92 Å². The number of hydrogen-bond acceptors (Lipinski definition) is 1. The molecule has 0 amide bonds. The Hall–Kier alpha value is -0.820. The fourth-order valence-corrected chi connectivity index (χ4v) is 1.08. The minimum atomic E-state index is -0.401. The highest BCUT2D eigenvalue weighted by Gasteiger charge is 2.06. The number of hydrogen-bond donors (Lipinski definition) is 1. The first kappa shape index (κ1) is 8.28. The van der Waals surface area contributed by atoms with Gasteiger partial charge in [0.2, 0.25) is 0 Å². The summed E-state index contributed by atoms with van der Waals surface area (Å²) in [6.07, 6.45) is 9.22. The molecule has 11 heavy (non-hydrogen) atoms. The quantitative estimate of drug-likeness (QED) is 0.606. The highest BCUT2D eigenvalue weighted by Crippen LogP contribution is 2.13. The van der Waals surface area contributed by atoms with E-state index < -0.39 is 6.10 Å². The van der Waals surface area contributed by atoms with Crippen LogP contribution in [-0.4, -0.2) is 11.2 Å². The average Bonchev–Trinajstić information content (AvgIpc) is 1.93. The van der Waals surface area contributed by atoms with E-state index >= 15 is 0 Å². The third-order valence-electron chi connectivity index (χ3n) is 1.56. The van der Waals surface area contributed by atoms with Gasteiger partial charge in [-0.25, -0.2) is 0 Å². The van der Waals surface area contributed by atoms with Crippen LogP contribution in [0.5, 0.6) is 0 Å². The van der Waals surface area contributed by atoms with Gasteiger partial charge in [0, 0.05) is 0 Å². The van der Waals surface area contributed by atoms with Crippen molar-refractivity contribution in [3.63, 3.8) is 0 Å². The third kappa shape index (κ3) is 2.35. The van der Waals surface area contributed by atoms with E-state index in [1.165, 1.54) is 0 Å². The van der Waals surface area contributed by atoms with E-state index in [1.807, 2.05) is 18.2 Å². The molecule has 0 bridgehead atoms. The fraction of sp³-hybridized carbons (Fsp3) is 0.400. The Bertz CT molecular complexity index is 209. The second-order valence-electron chi connectivity index (χ2n) is 3.10. The third-order valence-corrected chi connectivity index (χ3v) is 1.56. The molecule has 1 aliphatic carbocycles. The molecule has 0 fully saturated rings. The van der Waals surface area contributed by atoms with Crippen LogP contribution in [0.4, 0.5) is 0 Å². The van der Waals surface area contributed by atoms with E-state index in [-0.39, 0.29) is 0 Å². The lowest BCUT2D eigenvalue weighted by Crippen LogP contribution is -2.07. The van der Waals surface area contributed by atoms with E-state index in [0.717, 1.165) is 5.57 Å². The summed E-state index contributed by atoms with van der Waals surface area (Å²) in [5.74, 6) is 0.496. The maximum atomic E-state index is 9.41. The Labute approximate surface area is 67.7 Å². The highest BCUT2D eigenvalue weighted by atomic mass is 16.3. The van der Waals surface area contributed by atoms with E-state index in [1.54, 1.807) is 6.08 Å². The molecule has 1 heteroatoms. The summed E-state index contributed by atoms with van der Waals surface area (Å²) in [6.45, 7) is 4.21. The molecule has 1 aliphatic rings. The van der Waals surface area contributed by atoms with Crippen molar-refractivity contribution in [2.75, 3.05) is 0 Å². The van der Waals surface area contributed by atoms with Gasteiger partial charge in [0.05, 0.1) is 6.10 Å². The topological polar surface area (TPSA) is 20.2 Å². The SMILES string of the molecule is CC(C)C=C1C=CC=CC1O. The summed E-state index contributed by atoms with van der Waals surface area (Å²) >= 11 is 0. The van der Waals surface area contributed by atoms with Gasteiger partial charge >= 0.3 is 0 Å². The lowest BCUT2D eigenvalue weighted by molar-refractivity contribution is 0.261. The molecule has 0 spiro atoms. The van der Waals surface area contributed by atoms with Gasteiger partial charge in [-0.1, -0.05) is 44.2 Å². The van der Waals surface area contributed by atoms with Crippen LogP contribution >= 0.6 is 0 Å². The summed E-state index contributed by atoms with van der Waals surface area (Å²) in [7, 11) is 0. The Morgan fingerprint density at radius 1 is 1.45 bits per heavy atom. The molecule has 1 N–H and O–H groups in total. The van der Waals surface area contributed by atoms with Crippen molar-refractivity contribution in [3.8, 4) is 0 Å². The molecule has 1 atom stereocenters. The van der Waals surface area contributed by atoms with Crippen molar-refractivity contribution >= 4 is 0 Å². The molecule has 0 saturated heterocycles. The van der Waals surface area contributed by atoms with Gasteiger partial charge in [-0.3, -0.25) is 0 Å². The summed E-state index contributed by atoms with van der Waals surface area (Å²) in [6, 6.07) is 0. The van der Waals surface area contributed by atoms with Crippen LogP contribution in [0.3, 0.4) is 0 Å². The second-order valence-corrected chi connectivity index (χ2v) is 3.10. The highest BCUT2D eigenvalue weighted by molar-refractivity contribution is 5.34. The van der Waals surface area contributed by atoms with Crippen LogP contribution in [0.2, 0.25) is 0 Å². The lowest BCUT2D eigenvalue weighted by Gasteiger charge is -2.11. The van der Waals surface area contributed by atoms with Gasteiger partial charge in [0.25, 0.3) is 0 Å². The van der Waals surface area contributed by atoms with Crippen molar-refractivity contribution in [1.29, 1.82) is 0 Å².